The average molecular weight is 431 g/mol. The van der Waals surface area contributed by atoms with Crippen LogP contribution in [0.2, 0.25) is 0 Å². The van der Waals surface area contributed by atoms with Crippen molar-refractivity contribution in [2.24, 2.45) is 5.73 Å². The first kappa shape index (κ1) is 21.7. The van der Waals surface area contributed by atoms with Crippen LogP contribution < -0.4 is 10.5 Å². The van der Waals surface area contributed by atoms with Gasteiger partial charge >= 0.3 is 0 Å². The van der Waals surface area contributed by atoms with Crippen molar-refractivity contribution in [3.8, 4) is 40.1 Å². The van der Waals surface area contributed by atoms with Gasteiger partial charge in [0.1, 0.15) is 11.6 Å². The monoisotopic (exact) mass is 431 g/mol. The summed E-state index contributed by atoms with van der Waals surface area (Å²) in [5, 5.41) is 9.47. The summed E-state index contributed by atoms with van der Waals surface area (Å²) in [5.74, 6) is 1.38. The first-order valence-electron chi connectivity index (χ1n) is 10.4. The first-order valence-corrected chi connectivity index (χ1v) is 10.4. The van der Waals surface area contributed by atoms with Crippen LogP contribution in [-0.4, -0.2) is 16.5 Å². The molecule has 0 bridgehead atoms. The number of nitriles is 1. The average Bonchev–Trinajstić information content (AvgIpc) is 2.84. The van der Waals surface area contributed by atoms with Gasteiger partial charge in [-0.2, -0.15) is 10.2 Å². The summed E-state index contributed by atoms with van der Waals surface area (Å²) in [6.45, 7) is 9.77. The highest BCUT2D eigenvalue weighted by atomic mass is 16.5. The van der Waals surface area contributed by atoms with E-state index in [2.05, 4.69) is 20.9 Å². The van der Waals surface area contributed by atoms with Crippen LogP contribution in [0.15, 0.2) is 72.8 Å². The van der Waals surface area contributed by atoms with E-state index >= 15 is 0 Å². The predicted octanol–water partition coefficient (Wildman–Crippen LogP) is 5.83. The molecule has 0 spiro atoms. The van der Waals surface area contributed by atoms with Gasteiger partial charge in [0.25, 0.3) is 0 Å². The largest absolute Gasteiger partial charge is 0.440 e. The van der Waals surface area contributed by atoms with Crippen molar-refractivity contribution in [3.05, 3.63) is 101 Å². The van der Waals surface area contributed by atoms with E-state index in [1.165, 1.54) is 0 Å². The highest BCUT2D eigenvalue weighted by Crippen LogP contribution is 2.37. The number of benzene rings is 3. The molecule has 0 unspecified atom stereocenters. The highest BCUT2D eigenvalue weighted by Gasteiger charge is 2.13. The third-order valence-electron chi connectivity index (χ3n) is 5.14. The normalized spacial score (nSPS) is 10.3. The Morgan fingerprint density at radius 1 is 1.00 bits per heavy atom. The molecule has 0 aliphatic heterocycles. The summed E-state index contributed by atoms with van der Waals surface area (Å²) in [4.78, 5) is 12.5. The molecule has 1 aromatic heterocycles. The molecule has 0 atom stereocenters. The van der Waals surface area contributed by atoms with Gasteiger partial charge in [-0.25, -0.2) is 9.83 Å². The minimum atomic E-state index is 0.341. The van der Waals surface area contributed by atoms with E-state index in [1.54, 1.807) is 31.2 Å². The van der Waals surface area contributed by atoms with E-state index in [9.17, 15) is 5.26 Å². The Morgan fingerprint density at radius 3 is 2.52 bits per heavy atom. The maximum atomic E-state index is 9.47. The first-order chi connectivity index (χ1) is 16.1. The van der Waals surface area contributed by atoms with Crippen LogP contribution in [0, 0.1) is 24.8 Å². The van der Waals surface area contributed by atoms with Crippen molar-refractivity contribution in [2.45, 2.75) is 13.3 Å². The molecule has 2 N–H and O–H groups in total. The fourth-order valence-corrected chi connectivity index (χ4v) is 3.57. The minimum absolute atomic E-state index is 0.341. The molecule has 4 aromatic rings. The van der Waals surface area contributed by atoms with Gasteiger partial charge in [0.05, 0.1) is 23.9 Å². The molecule has 3 aromatic carbocycles. The van der Waals surface area contributed by atoms with Crippen molar-refractivity contribution < 1.29 is 4.74 Å². The van der Waals surface area contributed by atoms with Crippen LogP contribution >= 0.6 is 0 Å². The maximum absolute atomic E-state index is 9.47. The summed E-state index contributed by atoms with van der Waals surface area (Å²) < 4.78 is 6.20. The standard InChI is InChI=1S/C27H21N5O/c1-18-31-25(23-6-4-3-5-21(23)17-29)16-27(32-18)33-26-15-22(30-2)11-12-24(26)20-9-7-19(8-10-20)13-14-28/h3-12,15-16H,13-14,28H2,1H3. The number of rotatable bonds is 6. The Morgan fingerprint density at radius 2 is 1.79 bits per heavy atom. The predicted molar refractivity (Wildman–Crippen MR) is 128 cm³/mol. The second-order valence-electron chi connectivity index (χ2n) is 7.43. The minimum Gasteiger partial charge on any atom is -0.440 e. The number of nitrogens with zero attached hydrogens (tertiary/aromatic N) is 4. The van der Waals surface area contributed by atoms with E-state index in [0.29, 0.717) is 46.5 Å². The molecular weight excluding hydrogens is 410 g/mol. The molecule has 0 saturated heterocycles. The molecule has 6 nitrogen and oxygen atoms in total. The van der Waals surface area contributed by atoms with Crippen LogP contribution in [0.4, 0.5) is 5.69 Å². The smallest absolute Gasteiger partial charge is 0.223 e. The molecule has 4 rings (SSSR count). The van der Waals surface area contributed by atoms with Crippen LogP contribution in [-0.2, 0) is 6.42 Å². The Labute approximate surface area is 192 Å². The summed E-state index contributed by atoms with van der Waals surface area (Å²) in [6, 6.07) is 24.6. The van der Waals surface area contributed by atoms with Gasteiger partial charge in [0.2, 0.25) is 5.88 Å². The molecule has 0 aliphatic carbocycles. The lowest BCUT2D eigenvalue weighted by molar-refractivity contribution is 0.462. The summed E-state index contributed by atoms with van der Waals surface area (Å²) in [5.41, 5.74) is 10.9. The van der Waals surface area contributed by atoms with Crippen molar-refractivity contribution in [1.29, 1.82) is 5.26 Å². The van der Waals surface area contributed by atoms with E-state index in [1.807, 2.05) is 48.5 Å². The molecule has 160 valence electrons. The SMILES string of the molecule is [C-]#[N+]c1ccc(-c2ccc(CCN)cc2)c(Oc2cc(-c3ccccc3C#N)nc(C)n2)c1. The summed E-state index contributed by atoms with van der Waals surface area (Å²) >= 11 is 0. The summed E-state index contributed by atoms with van der Waals surface area (Å²) in [6.07, 6.45) is 0.813. The number of ether oxygens (including phenoxy) is 1. The molecule has 1 heterocycles. The van der Waals surface area contributed by atoms with Gasteiger partial charge in [0.15, 0.2) is 5.69 Å². The van der Waals surface area contributed by atoms with Gasteiger partial charge in [-0.05, 0) is 43.1 Å². The van der Waals surface area contributed by atoms with Crippen molar-refractivity contribution in [3.63, 3.8) is 0 Å². The van der Waals surface area contributed by atoms with Crippen molar-refractivity contribution in [1.82, 2.24) is 9.97 Å². The second kappa shape index (κ2) is 9.74. The zero-order valence-corrected chi connectivity index (χ0v) is 18.1. The molecule has 0 aliphatic rings. The number of aryl methyl sites for hydroxylation is 1. The Hall–Kier alpha value is -4.52. The number of aromatic nitrogens is 2. The molecule has 0 fully saturated rings. The van der Waals surface area contributed by atoms with Crippen LogP contribution in [0.1, 0.15) is 17.0 Å². The number of hydrogen-bond donors (Lipinski definition) is 1. The quantitative estimate of drug-likeness (QED) is 0.388. The van der Waals surface area contributed by atoms with E-state index < -0.39 is 0 Å². The van der Waals surface area contributed by atoms with Gasteiger partial charge in [-0.15, -0.1) is 0 Å². The molecule has 0 radical (unpaired) electrons. The molecule has 0 saturated carbocycles. The Kier molecular flexibility index (Phi) is 6.40. The van der Waals surface area contributed by atoms with Gasteiger partial charge in [-0.3, -0.25) is 0 Å². The molecular formula is C27H21N5O. The molecule has 33 heavy (non-hydrogen) atoms. The second-order valence-corrected chi connectivity index (χ2v) is 7.43. The van der Waals surface area contributed by atoms with Gasteiger partial charge in [-0.1, -0.05) is 54.6 Å². The Bertz CT molecular complexity index is 1380. The van der Waals surface area contributed by atoms with Crippen LogP contribution in [0.3, 0.4) is 0 Å². The number of nitrogens with two attached hydrogens (primary N) is 1. The lowest BCUT2D eigenvalue weighted by Crippen LogP contribution is -2.02. The zero-order valence-electron chi connectivity index (χ0n) is 18.1. The van der Waals surface area contributed by atoms with Crippen LogP contribution in [0.5, 0.6) is 11.6 Å². The molecule has 6 heteroatoms. The lowest BCUT2D eigenvalue weighted by atomic mass is 10.0. The van der Waals surface area contributed by atoms with E-state index in [-0.39, 0.29) is 0 Å². The van der Waals surface area contributed by atoms with E-state index in [0.717, 1.165) is 23.1 Å². The zero-order chi connectivity index (χ0) is 23.2. The fourth-order valence-electron chi connectivity index (χ4n) is 3.57. The number of hydrogen-bond acceptors (Lipinski definition) is 5. The highest BCUT2D eigenvalue weighted by molar-refractivity contribution is 5.74. The fraction of sp³-hybridized carbons (Fsp3) is 0.111. The topological polar surface area (TPSA) is 89.2 Å². The Balaban J connectivity index is 1.75. The van der Waals surface area contributed by atoms with Crippen molar-refractivity contribution >= 4 is 5.69 Å². The summed E-state index contributed by atoms with van der Waals surface area (Å²) in [7, 11) is 0. The van der Waals surface area contributed by atoms with Crippen molar-refractivity contribution in [2.75, 3.05) is 6.54 Å². The van der Waals surface area contributed by atoms with Gasteiger partial charge in [0, 0.05) is 17.2 Å². The van der Waals surface area contributed by atoms with E-state index in [4.69, 9.17) is 17.0 Å². The van der Waals surface area contributed by atoms with Gasteiger partial charge < -0.3 is 10.5 Å². The van der Waals surface area contributed by atoms with Crippen LogP contribution in [0.25, 0.3) is 27.2 Å². The third-order valence-corrected chi connectivity index (χ3v) is 5.14. The molecule has 0 amide bonds. The lowest BCUT2D eigenvalue weighted by Gasteiger charge is -2.13. The maximum Gasteiger partial charge on any atom is 0.223 e. The third kappa shape index (κ3) is 4.88.